The normalized spacial score (nSPS) is 23.1. The molecule has 2 aliphatic heterocycles. The van der Waals surface area contributed by atoms with Gasteiger partial charge in [0.2, 0.25) is 11.8 Å². The van der Waals surface area contributed by atoms with Gasteiger partial charge in [-0.05, 0) is 31.8 Å². The van der Waals surface area contributed by atoms with E-state index in [0.29, 0.717) is 25.3 Å². The summed E-state index contributed by atoms with van der Waals surface area (Å²) in [5.74, 6) is 0.560. The molecule has 2 aliphatic rings. The molecule has 0 aromatic rings. The van der Waals surface area contributed by atoms with Gasteiger partial charge in [-0.2, -0.15) is 0 Å². The molecule has 0 aromatic heterocycles. The predicted molar refractivity (Wildman–Crippen MR) is 58.8 cm³/mol. The Balaban J connectivity index is 0.00000112. The van der Waals surface area contributed by atoms with Crippen molar-refractivity contribution in [2.24, 2.45) is 5.92 Å². The van der Waals surface area contributed by atoms with Crippen molar-refractivity contribution in [3.05, 3.63) is 0 Å². The summed E-state index contributed by atoms with van der Waals surface area (Å²) in [6.07, 6.45) is 3.00. The van der Waals surface area contributed by atoms with E-state index >= 15 is 0 Å². The molecule has 0 atom stereocenters. The molecule has 2 amide bonds. The Hall–Kier alpha value is -0.610. The number of carbonyl (C=O) groups excluding carboxylic acids is 2. The molecule has 0 radical (unpaired) electrons. The number of hydrogen-bond acceptors (Lipinski definition) is 3. The first kappa shape index (κ1) is 12.5. The van der Waals surface area contributed by atoms with E-state index in [4.69, 9.17) is 0 Å². The van der Waals surface area contributed by atoms with Crippen LogP contribution in [0.15, 0.2) is 0 Å². The highest BCUT2D eigenvalue weighted by Crippen LogP contribution is 2.18. The second-order valence-electron chi connectivity index (χ2n) is 4.09. The van der Waals surface area contributed by atoms with E-state index in [1.807, 2.05) is 0 Å². The van der Waals surface area contributed by atoms with Crippen LogP contribution in [-0.2, 0) is 9.59 Å². The molecule has 2 fully saturated rings. The zero-order valence-electron chi connectivity index (χ0n) is 8.70. The molecule has 0 aromatic carbocycles. The third-order valence-corrected chi connectivity index (χ3v) is 3.05. The monoisotopic (exact) mass is 232 g/mol. The summed E-state index contributed by atoms with van der Waals surface area (Å²) in [6, 6.07) is 0. The Kier molecular flexibility index (Phi) is 4.54. The van der Waals surface area contributed by atoms with Gasteiger partial charge in [0.25, 0.3) is 0 Å². The third kappa shape index (κ3) is 2.92. The highest BCUT2D eigenvalue weighted by atomic mass is 35.5. The number of nitrogens with one attached hydrogen (secondary N) is 1. The summed E-state index contributed by atoms with van der Waals surface area (Å²) in [4.78, 5) is 24.2. The van der Waals surface area contributed by atoms with Crippen molar-refractivity contribution < 1.29 is 9.59 Å². The maximum atomic E-state index is 11.3. The van der Waals surface area contributed by atoms with Gasteiger partial charge in [-0.15, -0.1) is 12.4 Å². The van der Waals surface area contributed by atoms with Gasteiger partial charge >= 0.3 is 0 Å². The second kappa shape index (κ2) is 5.47. The molecule has 0 aliphatic carbocycles. The molecular weight excluding hydrogens is 216 g/mol. The molecule has 0 bridgehead atoms. The van der Waals surface area contributed by atoms with Crippen molar-refractivity contribution in [3.63, 3.8) is 0 Å². The highest BCUT2D eigenvalue weighted by Gasteiger charge is 2.30. The van der Waals surface area contributed by atoms with Crippen LogP contribution in [-0.4, -0.2) is 36.3 Å². The Labute approximate surface area is 95.8 Å². The predicted octanol–water partition coefficient (Wildman–Crippen LogP) is 0.557. The molecule has 0 spiro atoms. The van der Waals surface area contributed by atoms with E-state index in [9.17, 15) is 9.59 Å². The van der Waals surface area contributed by atoms with Gasteiger partial charge in [-0.1, -0.05) is 0 Å². The summed E-state index contributed by atoms with van der Waals surface area (Å²) >= 11 is 0. The zero-order valence-corrected chi connectivity index (χ0v) is 9.52. The van der Waals surface area contributed by atoms with E-state index in [1.54, 1.807) is 0 Å². The standard InChI is InChI=1S/C10H16N2O2.ClH/c13-9-1-2-10(14)12(9)7-8-3-5-11-6-4-8;/h8,11H,1-7H2;1H. The van der Waals surface area contributed by atoms with Crippen LogP contribution in [0.2, 0.25) is 0 Å². The first-order valence-corrected chi connectivity index (χ1v) is 5.31. The fourth-order valence-electron chi connectivity index (χ4n) is 2.15. The quantitative estimate of drug-likeness (QED) is 0.708. The van der Waals surface area contributed by atoms with E-state index in [0.717, 1.165) is 25.9 Å². The fraction of sp³-hybridized carbons (Fsp3) is 0.800. The molecule has 2 rings (SSSR count). The van der Waals surface area contributed by atoms with Crippen LogP contribution in [0.5, 0.6) is 0 Å². The Bertz CT molecular complexity index is 236. The molecule has 2 heterocycles. The van der Waals surface area contributed by atoms with Gasteiger partial charge in [0.15, 0.2) is 0 Å². The van der Waals surface area contributed by atoms with Crippen LogP contribution in [0.3, 0.4) is 0 Å². The van der Waals surface area contributed by atoms with Crippen LogP contribution in [0.1, 0.15) is 25.7 Å². The van der Waals surface area contributed by atoms with Crippen LogP contribution in [0, 0.1) is 5.92 Å². The lowest BCUT2D eigenvalue weighted by molar-refractivity contribution is -0.139. The largest absolute Gasteiger partial charge is 0.317 e. The summed E-state index contributed by atoms with van der Waals surface area (Å²) in [5, 5.41) is 3.27. The van der Waals surface area contributed by atoms with Gasteiger partial charge in [0, 0.05) is 19.4 Å². The number of likely N-dealkylation sites (tertiary alicyclic amines) is 1. The number of rotatable bonds is 2. The summed E-state index contributed by atoms with van der Waals surface area (Å²) in [7, 11) is 0. The Morgan fingerprint density at radius 3 is 2.20 bits per heavy atom. The number of halogens is 1. The van der Waals surface area contributed by atoms with Gasteiger partial charge in [-0.3, -0.25) is 14.5 Å². The SMILES string of the molecule is Cl.O=C1CCC(=O)N1CC1CCNCC1. The molecule has 4 nitrogen and oxygen atoms in total. The van der Waals surface area contributed by atoms with Gasteiger partial charge in [-0.25, -0.2) is 0 Å². The van der Waals surface area contributed by atoms with E-state index in [2.05, 4.69) is 5.32 Å². The lowest BCUT2D eigenvalue weighted by Gasteiger charge is -2.26. The Morgan fingerprint density at radius 2 is 1.67 bits per heavy atom. The maximum absolute atomic E-state index is 11.3. The van der Waals surface area contributed by atoms with Gasteiger partial charge < -0.3 is 5.32 Å². The zero-order chi connectivity index (χ0) is 9.97. The first-order valence-electron chi connectivity index (χ1n) is 5.31. The average molecular weight is 233 g/mol. The molecule has 0 saturated carbocycles. The Morgan fingerprint density at radius 1 is 1.13 bits per heavy atom. The van der Waals surface area contributed by atoms with Gasteiger partial charge in [0.05, 0.1) is 0 Å². The van der Waals surface area contributed by atoms with E-state index < -0.39 is 0 Å². The van der Waals surface area contributed by atoms with Crippen LogP contribution in [0.25, 0.3) is 0 Å². The number of carbonyl (C=O) groups is 2. The topological polar surface area (TPSA) is 49.4 Å². The fourth-order valence-corrected chi connectivity index (χ4v) is 2.15. The summed E-state index contributed by atoms with van der Waals surface area (Å²) < 4.78 is 0. The minimum Gasteiger partial charge on any atom is -0.317 e. The first-order chi connectivity index (χ1) is 6.77. The minimum absolute atomic E-state index is 0. The summed E-state index contributed by atoms with van der Waals surface area (Å²) in [6.45, 7) is 2.68. The van der Waals surface area contributed by atoms with Crippen molar-refractivity contribution in [3.8, 4) is 0 Å². The minimum atomic E-state index is 0. The van der Waals surface area contributed by atoms with E-state index in [1.165, 1.54) is 4.90 Å². The number of imide groups is 1. The van der Waals surface area contributed by atoms with Crippen molar-refractivity contribution in [2.75, 3.05) is 19.6 Å². The van der Waals surface area contributed by atoms with Crippen LogP contribution < -0.4 is 5.32 Å². The molecular formula is C10H17ClN2O2. The number of amides is 2. The molecule has 2 saturated heterocycles. The lowest BCUT2D eigenvalue weighted by Crippen LogP contribution is -2.38. The molecule has 0 unspecified atom stereocenters. The van der Waals surface area contributed by atoms with Crippen molar-refractivity contribution >= 4 is 24.2 Å². The molecule has 15 heavy (non-hydrogen) atoms. The second-order valence-corrected chi connectivity index (χ2v) is 4.09. The molecule has 1 N–H and O–H groups in total. The molecule has 86 valence electrons. The summed E-state index contributed by atoms with van der Waals surface area (Å²) in [5.41, 5.74) is 0. The number of hydrogen-bond donors (Lipinski definition) is 1. The van der Waals surface area contributed by atoms with Crippen molar-refractivity contribution in [1.82, 2.24) is 10.2 Å². The highest BCUT2D eigenvalue weighted by molar-refractivity contribution is 6.01. The maximum Gasteiger partial charge on any atom is 0.229 e. The third-order valence-electron chi connectivity index (χ3n) is 3.05. The van der Waals surface area contributed by atoms with E-state index in [-0.39, 0.29) is 24.2 Å². The van der Waals surface area contributed by atoms with Crippen molar-refractivity contribution in [1.29, 1.82) is 0 Å². The van der Waals surface area contributed by atoms with Gasteiger partial charge in [0.1, 0.15) is 0 Å². The molecule has 5 heteroatoms. The number of nitrogens with zero attached hydrogens (tertiary/aromatic N) is 1. The van der Waals surface area contributed by atoms with Crippen molar-refractivity contribution in [2.45, 2.75) is 25.7 Å². The van der Waals surface area contributed by atoms with Crippen LogP contribution >= 0.6 is 12.4 Å². The van der Waals surface area contributed by atoms with Crippen LogP contribution in [0.4, 0.5) is 0 Å². The lowest BCUT2D eigenvalue weighted by atomic mass is 9.98. The smallest absolute Gasteiger partial charge is 0.229 e. The number of piperidine rings is 1. The average Bonchev–Trinajstić information content (AvgIpc) is 2.51.